The van der Waals surface area contributed by atoms with Crippen molar-refractivity contribution in [1.82, 2.24) is 9.97 Å². The highest BCUT2D eigenvalue weighted by molar-refractivity contribution is 6.03. The normalized spacial score (nSPS) is 16.2. The number of halogens is 1. The zero-order valence-corrected chi connectivity index (χ0v) is 14.4. The first-order valence-corrected chi connectivity index (χ1v) is 8.68. The molecule has 0 fully saturated rings. The van der Waals surface area contributed by atoms with Crippen LogP contribution in [0.1, 0.15) is 33.6 Å². The van der Waals surface area contributed by atoms with Gasteiger partial charge in [0, 0.05) is 42.3 Å². The lowest BCUT2D eigenvalue weighted by Gasteiger charge is -2.18. The second-order valence-electron chi connectivity index (χ2n) is 6.72. The first-order valence-electron chi connectivity index (χ1n) is 8.68. The van der Waals surface area contributed by atoms with E-state index in [1.54, 1.807) is 6.07 Å². The largest absolute Gasteiger partial charge is 0.481 e. The minimum absolute atomic E-state index is 0.0414. The summed E-state index contributed by atoms with van der Waals surface area (Å²) < 4.78 is 14.4. The molecule has 2 N–H and O–H groups in total. The van der Waals surface area contributed by atoms with Gasteiger partial charge in [0.25, 0.3) is 0 Å². The van der Waals surface area contributed by atoms with E-state index in [9.17, 15) is 19.1 Å². The number of hydrogen-bond donors (Lipinski definition) is 2. The van der Waals surface area contributed by atoms with Gasteiger partial charge in [0.1, 0.15) is 0 Å². The van der Waals surface area contributed by atoms with Crippen molar-refractivity contribution in [2.24, 2.45) is 5.92 Å². The third kappa shape index (κ3) is 3.14. The number of aromatic amines is 1. The molecule has 1 aliphatic rings. The Bertz CT molecular complexity index is 1030. The number of benzene rings is 1. The van der Waals surface area contributed by atoms with Crippen molar-refractivity contribution in [1.29, 1.82) is 0 Å². The fraction of sp³-hybridized carbons (Fsp3) is 0.190. The van der Waals surface area contributed by atoms with E-state index in [-0.39, 0.29) is 18.6 Å². The van der Waals surface area contributed by atoms with E-state index in [1.807, 2.05) is 30.3 Å². The van der Waals surface area contributed by atoms with E-state index in [1.165, 1.54) is 6.20 Å². The minimum Gasteiger partial charge on any atom is -0.481 e. The molecule has 2 heterocycles. The quantitative estimate of drug-likeness (QED) is 0.740. The number of carbonyl (C=O) groups excluding carboxylic acids is 1. The molecule has 0 spiro atoms. The van der Waals surface area contributed by atoms with E-state index in [2.05, 4.69) is 9.97 Å². The summed E-state index contributed by atoms with van der Waals surface area (Å²) >= 11 is 0. The van der Waals surface area contributed by atoms with Crippen molar-refractivity contribution >= 4 is 11.8 Å². The van der Waals surface area contributed by atoms with E-state index in [0.29, 0.717) is 34.5 Å². The first-order chi connectivity index (χ1) is 13.0. The Hall–Kier alpha value is -3.28. The summed E-state index contributed by atoms with van der Waals surface area (Å²) in [5.41, 5.74) is 3.60. The average Bonchev–Trinajstić information content (AvgIpc) is 3.01. The maximum absolute atomic E-state index is 14.4. The molecule has 27 heavy (non-hydrogen) atoms. The lowest BCUT2D eigenvalue weighted by atomic mass is 9.84. The molecule has 6 heteroatoms. The number of Topliss-reactive ketones (excluding diaryl/α,β-unsaturated/α-hetero) is 1. The van der Waals surface area contributed by atoms with Crippen LogP contribution in [0, 0.1) is 11.7 Å². The van der Waals surface area contributed by atoms with Crippen LogP contribution in [0.2, 0.25) is 0 Å². The Morgan fingerprint density at radius 1 is 1.22 bits per heavy atom. The summed E-state index contributed by atoms with van der Waals surface area (Å²) in [5.74, 6) is -2.47. The van der Waals surface area contributed by atoms with Crippen LogP contribution in [0.4, 0.5) is 4.39 Å². The van der Waals surface area contributed by atoms with Crippen molar-refractivity contribution in [3.05, 3.63) is 77.0 Å². The number of carboxylic acid groups (broad SMARTS) is 1. The van der Waals surface area contributed by atoms with Crippen molar-refractivity contribution < 1.29 is 19.1 Å². The molecule has 1 unspecified atom stereocenters. The van der Waals surface area contributed by atoms with Crippen LogP contribution in [0.25, 0.3) is 11.3 Å². The van der Waals surface area contributed by atoms with Crippen LogP contribution < -0.4 is 0 Å². The Labute approximate surface area is 154 Å². The number of pyridine rings is 1. The molecule has 0 radical (unpaired) electrons. The van der Waals surface area contributed by atoms with Crippen molar-refractivity contribution in [2.75, 3.05) is 0 Å². The number of nitrogens with zero attached hydrogens (tertiary/aromatic N) is 1. The van der Waals surface area contributed by atoms with Gasteiger partial charge in [0.15, 0.2) is 11.6 Å². The molecule has 3 aromatic rings. The summed E-state index contributed by atoms with van der Waals surface area (Å²) in [6.45, 7) is 0. The van der Waals surface area contributed by atoms with Gasteiger partial charge in [-0.3, -0.25) is 14.6 Å². The number of aliphatic carboxylic acids is 1. The van der Waals surface area contributed by atoms with Crippen molar-refractivity contribution in [3.8, 4) is 11.3 Å². The third-order valence-electron chi connectivity index (χ3n) is 4.96. The maximum atomic E-state index is 14.4. The minimum atomic E-state index is -0.996. The van der Waals surface area contributed by atoms with Crippen LogP contribution in [0.15, 0.2) is 48.8 Å². The second kappa shape index (κ2) is 6.79. The number of carboxylic acids is 1. The highest BCUT2D eigenvalue weighted by Gasteiger charge is 2.34. The second-order valence-corrected chi connectivity index (χ2v) is 6.72. The maximum Gasteiger partial charge on any atom is 0.307 e. The average molecular weight is 364 g/mol. The van der Waals surface area contributed by atoms with Crippen molar-refractivity contribution in [2.45, 2.75) is 19.3 Å². The van der Waals surface area contributed by atoms with Gasteiger partial charge in [-0.1, -0.05) is 30.3 Å². The van der Waals surface area contributed by atoms with Gasteiger partial charge in [-0.25, -0.2) is 4.39 Å². The van der Waals surface area contributed by atoms with E-state index in [0.717, 1.165) is 11.8 Å². The fourth-order valence-corrected chi connectivity index (χ4v) is 3.69. The smallest absolute Gasteiger partial charge is 0.307 e. The van der Waals surface area contributed by atoms with Crippen molar-refractivity contribution in [3.63, 3.8) is 0 Å². The van der Waals surface area contributed by atoms with Gasteiger partial charge in [-0.15, -0.1) is 0 Å². The molecule has 136 valence electrons. The number of rotatable bonds is 4. The number of aromatic nitrogens is 2. The molecule has 1 aliphatic carbocycles. The SMILES string of the molecule is O=C1CC(C(=O)O)Cc2[nH]c(-c3ccncc3F)c(Cc3ccccc3)c21. The van der Waals surface area contributed by atoms with Crippen LogP contribution in [0.3, 0.4) is 0 Å². The number of hydrogen-bond acceptors (Lipinski definition) is 3. The highest BCUT2D eigenvalue weighted by Crippen LogP contribution is 2.36. The first kappa shape index (κ1) is 17.1. The van der Waals surface area contributed by atoms with Gasteiger partial charge in [-0.05, 0) is 17.2 Å². The van der Waals surface area contributed by atoms with E-state index >= 15 is 0 Å². The molecule has 5 nitrogen and oxygen atoms in total. The number of fused-ring (bicyclic) bond motifs is 1. The molecule has 0 aliphatic heterocycles. The molecule has 2 aromatic heterocycles. The summed E-state index contributed by atoms with van der Waals surface area (Å²) in [5, 5.41) is 9.32. The molecule has 1 aromatic carbocycles. The van der Waals surface area contributed by atoms with Gasteiger partial charge < -0.3 is 10.1 Å². The Morgan fingerprint density at radius 3 is 2.70 bits per heavy atom. The zero-order chi connectivity index (χ0) is 19.0. The highest BCUT2D eigenvalue weighted by atomic mass is 19.1. The van der Waals surface area contributed by atoms with Crippen LogP contribution in [0.5, 0.6) is 0 Å². The fourth-order valence-electron chi connectivity index (χ4n) is 3.69. The van der Waals surface area contributed by atoms with Crippen LogP contribution in [-0.2, 0) is 17.6 Å². The summed E-state index contributed by atoms with van der Waals surface area (Å²) in [7, 11) is 0. The molecule has 0 saturated heterocycles. The number of H-pyrrole nitrogens is 1. The van der Waals surface area contributed by atoms with Gasteiger partial charge >= 0.3 is 5.97 Å². The number of ketones is 1. The number of carbonyl (C=O) groups is 2. The van der Waals surface area contributed by atoms with E-state index in [4.69, 9.17) is 0 Å². The Kier molecular flexibility index (Phi) is 4.32. The molecule has 0 saturated carbocycles. The Balaban J connectivity index is 1.88. The van der Waals surface area contributed by atoms with Gasteiger partial charge in [0.2, 0.25) is 0 Å². The lowest BCUT2D eigenvalue weighted by molar-refractivity contribution is -0.141. The van der Waals surface area contributed by atoms with E-state index < -0.39 is 17.7 Å². The molecular formula is C21H17FN2O3. The van der Waals surface area contributed by atoms with Crippen LogP contribution in [-0.4, -0.2) is 26.8 Å². The predicted octanol–water partition coefficient (Wildman–Crippen LogP) is 3.64. The molecule has 0 bridgehead atoms. The Morgan fingerprint density at radius 2 is 2.00 bits per heavy atom. The molecule has 1 atom stereocenters. The monoisotopic (exact) mass is 364 g/mol. The summed E-state index contributed by atoms with van der Waals surface area (Å²) in [6, 6.07) is 11.2. The predicted molar refractivity (Wildman–Crippen MR) is 97.0 cm³/mol. The third-order valence-corrected chi connectivity index (χ3v) is 4.96. The topological polar surface area (TPSA) is 83.0 Å². The summed E-state index contributed by atoms with van der Waals surface area (Å²) in [6.07, 6.45) is 3.26. The van der Waals surface area contributed by atoms with Gasteiger partial charge in [-0.2, -0.15) is 0 Å². The van der Waals surface area contributed by atoms with Crippen LogP contribution >= 0.6 is 0 Å². The molecular weight excluding hydrogens is 347 g/mol. The standard InChI is InChI=1S/C21H17FN2O3/c22-16-11-23-7-6-14(16)20-15(8-12-4-2-1-3-5-12)19-17(24-20)9-13(21(26)27)10-18(19)25/h1-7,11,13,24H,8-10H2,(H,26,27). The zero-order valence-electron chi connectivity index (χ0n) is 14.4. The molecule has 4 rings (SSSR count). The number of nitrogens with one attached hydrogen (secondary N) is 1. The van der Waals surface area contributed by atoms with Gasteiger partial charge in [0.05, 0.1) is 17.8 Å². The summed E-state index contributed by atoms with van der Waals surface area (Å²) in [4.78, 5) is 31.1. The molecule has 0 amide bonds. The lowest BCUT2D eigenvalue weighted by Crippen LogP contribution is -2.26.